The maximum absolute atomic E-state index is 12.7. The lowest BCUT2D eigenvalue weighted by Gasteiger charge is -2.05. The van der Waals surface area contributed by atoms with E-state index >= 15 is 0 Å². The number of carbonyl (C=O) groups is 1. The molecule has 0 spiro atoms. The van der Waals surface area contributed by atoms with Crippen molar-refractivity contribution in [1.29, 1.82) is 0 Å². The fourth-order valence-corrected chi connectivity index (χ4v) is 3.51. The number of aryl methyl sites for hydroxylation is 1. The van der Waals surface area contributed by atoms with Crippen molar-refractivity contribution in [2.75, 3.05) is 0 Å². The van der Waals surface area contributed by atoms with Gasteiger partial charge in [-0.2, -0.15) is 4.99 Å². The molecule has 0 atom stereocenters. The standard InChI is InChI=1S/C18H14N4OS/c1-12-11-24-18(22(12)13-6-3-2-4-7-13)21-17(23)15-10-20-16-14(15)8-5-9-19-16/h2-11H,1H3,(H,19,20). The first-order valence-electron chi connectivity index (χ1n) is 7.48. The van der Waals surface area contributed by atoms with Crippen LogP contribution in [0.15, 0.2) is 65.2 Å². The Balaban J connectivity index is 1.84. The zero-order valence-corrected chi connectivity index (χ0v) is 13.7. The number of amides is 1. The Morgan fingerprint density at radius 1 is 1.21 bits per heavy atom. The van der Waals surface area contributed by atoms with E-state index in [2.05, 4.69) is 15.0 Å². The van der Waals surface area contributed by atoms with Gasteiger partial charge in [0.15, 0.2) is 4.80 Å². The molecule has 0 radical (unpaired) electrons. The molecule has 0 unspecified atom stereocenters. The molecule has 0 aliphatic heterocycles. The van der Waals surface area contributed by atoms with Gasteiger partial charge in [0.05, 0.1) is 5.56 Å². The van der Waals surface area contributed by atoms with Gasteiger partial charge < -0.3 is 4.98 Å². The molecule has 118 valence electrons. The van der Waals surface area contributed by atoms with Gasteiger partial charge in [-0.05, 0) is 31.2 Å². The maximum Gasteiger partial charge on any atom is 0.281 e. The van der Waals surface area contributed by atoms with Gasteiger partial charge >= 0.3 is 0 Å². The summed E-state index contributed by atoms with van der Waals surface area (Å²) >= 11 is 1.45. The Kier molecular flexibility index (Phi) is 3.59. The molecule has 1 amide bonds. The number of H-pyrrole nitrogens is 1. The van der Waals surface area contributed by atoms with Crippen LogP contribution in [0.4, 0.5) is 0 Å². The van der Waals surface area contributed by atoms with Crippen LogP contribution in [0.3, 0.4) is 0 Å². The van der Waals surface area contributed by atoms with Gasteiger partial charge in [0.2, 0.25) is 0 Å². The Morgan fingerprint density at radius 2 is 2.04 bits per heavy atom. The predicted molar refractivity (Wildman–Crippen MR) is 94.4 cm³/mol. The Bertz CT molecular complexity index is 1090. The van der Waals surface area contributed by atoms with Gasteiger partial charge in [-0.15, -0.1) is 11.3 Å². The smallest absolute Gasteiger partial charge is 0.281 e. The zero-order chi connectivity index (χ0) is 16.5. The number of hydrogen-bond donors (Lipinski definition) is 1. The SMILES string of the molecule is Cc1csc(=NC(=O)c2c[nH]c3ncccc23)n1-c1ccccc1. The van der Waals surface area contributed by atoms with Crippen LogP contribution in [-0.4, -0.2) is 20.4 Å². The number of pyridine rings is 1. The molecular weight excluding hydrogens is 320 g/mol. The Morgan fingerprint density at radius 3 is 2.88 bits per heavy atom. The minimum Gasteiger partial charge on any atom is -0.345 e. The lowest BCUT2D eigenvalue weighted by atomic mass is 10.2. The number of rotatable bonds is 2. The van der Waals surface area contributed by atoms with Crippen LogP contribution in [-0.2, 0) is 0 Å². The molecule has 6 heteroatoms. The number of aromatic nitrogens is 3. The molecule has 3 aromatic heterocycles. The lowest BCUT2D eigenvalue weighted by molar-refractivity contribution is 0.0999. The third-order valence-corrected chi connectivity index (χ3v) is 4.72. The number of carbonyl (C=O) groups excluding carboxylic acids is 1. The molecule has 4 aromatic rings. The van der Waals surface area contributed by atoms with Gasteiger partial charge in [0.25, 0.3) is 5.91 Å². The van der Waals surface area contributed by atoms with E-state index in [1.165, 1.54) is 11.3 Å². The van der Waals surface area contributed by atoms with Gasteiger partial charge in [-0.1, -0.05) is 18.2 Å². The lowest BCUT2D eigenvalue weighted by Crippen LogP contribution is -2.16. The summed E-state index contributed by atoms with van der Waals surface area (Å²) in [5.74, 6) is -0.277. The van der Waals surface area contributed by atoms with Gasteiger partial charge in [-0.3, -0.25) is 9.36 Å². The third kappa shape index (κ3) is 2.47. The minimum absolute atomic E-state index is 0.277. The summed E-state index contributed by atoms with van der Waals surface area (Å²) in [5.41, 5.74) is 3.25. The van der Waals surface area contributed by atoms with E-state index in [0.717, 1.165) is 16.8 Å². The molecule has 4 rings (SSSR count). The highest BCUT2D eigenvalue weighted by Crippen LogP contribution is 2.17. The first kappa shape index (κ1) is 14.6. The van der Waals surface area contributed by atoms with Crippen molar-refractivity contribution in [3.63, 3.8) is 0 Å². The van der Waals surface area contributed by atoms with Crippen molar-refractivity contribution in [1.82, 2.24) is 14.5 Å². The third-order valence-electron chi connectivity index (χ3n) is 3.77. The molecule has 3 heterocycles. The fraction of sp³-hybridized carbons (Fsp3) is 0.0556. The van der Waals surface area contributed by atoms with E-state index in [4.69, 9.17) is 0 Å². The van der Waals surface area contributed by atoms with Gasteiger partial charge in [-0.25, -0.2) is 4.98 Å². The van der Waals surface area contributed by atoms with Crippen LogP contribution in [0.1, 0.15) is 16.1 Å². The van der Waals surface area contributed by atoms with Crippen molar-refractivity contribution in [3.8, 4) is 5.69 Å². The molecule has 0 aliphatic rings. The second-order valence-electron chi connectivity index (χ2n) is 5.35. The van der Waals surface area contributed by atoms with Crippen molar-refractivity contribution in [2.24, 2.45) is 4.99 Å². The second kappa shape index (κ2) is 5.90. The quantitative estimate of drug-likeness (QED) is 0.610. The maximum atomic E-state index is 12.7. The second-order valence-corrected chi connectivity index (χ2v) is 6.19. The normalized spacial score (nSPS) is 12.0. The molecule has 1 aromatic carbocycles. The van der Waals surface area contributed by atoms with Crippen LogP contribution >= 0.6 is 11.3 Å². The molecule has 0 fully saturated rings. The van der Waals surface area contributed by atoms with Gasteiger partial charge in [0.1, 0.15) is 5.65 Å². The highest BCUT2D eigenvalue weighted by atomic mass is 32.1. The number of benzene rings is 1. The van der Waals surface area contributed by atoms with Gasteiger partial charge in [0, 0.05) is 34.5 Å². The van der Waals surface area contributed by atoms with E-state index in [0.29, 0.717) is 16.0 Å². The number of fused-ring (bicyclic) bond motifs is 1. The summed E-state index contributed by atoms with van der Waals surface area (Å²) in [6, 6.07) is 13.6. The van der Waals surface area contributed by atoms with E-state index in [1.807, 2.05) is 59.3 Å². The van der Waals surface area contributed by atoms with Crippen LogP contribution in [0.2, 0.25) is 0 Å². The molecular formula is C18H14N4OS. The predicted octanol–water partition coefficient (Wildman–Crippen LogP) is 3.46. The monoisotopic (exact) mass is 334 g/mol. The summed E-state index contributed by atoms with van der Waals surface area (Å²) in [7, 11) is 0. The van der Waals surface area contributed by atoms with Crippen LogP contribution in [0.25, 0.3) is 16.7 Å². The number of para-hydroxylation sites is 1. The molecule has 0 bridgehead atoms. The Hall–Kier alpha value is -2.99. The van der Waals surface area contributed by atoms with Crippen molar-refractivity contribution < 1.29 is 4.79 Å². The number of nitrogens with zero attached hydrogens (tertiary/aromatic N) is 3. The molecule has 1 N–H and O–H groups in total. The number of hydrogen-bond acceptors (Lipinski definition) is 3. The van der Waals surface area contributed by atoms with E-state index in [9.17, 15) is 4.79 Å². The highest BCUT2D eigenvalue weighted by molar-refractivity contribution is 7.07. The van der Waals surface area contributed by atoms with E-state index in [1.54, 1.807) is 12.4 Å². The molecule has 0 saturated carbocycles. The molecule has 0 saturated heterocycles. The van der Waals surface area contributed by atoms with Crippen LogP contribution in [0.5, 0.6) is 0 Å². The molecule has 5 nitrogen and oxygen atoms in total. The van der Waals surface area contributed by atoms with Crippen molar-refractivity contribution in [3.05, 3.63) is 76.3 Å². The van der Waals surface area contributed by atoms with Crippen LogP contribution < -0.4 is 4.80 Å². The summed E-state index contributed by atoms with van der Waals surface area (Å²) in [6.07, 6.45) is 3.35. The topological polar surface area (TPSA) is 63.0 Å². The van der Waals surface area contributed by atoms with Crippen LogP contribution in [0, 0.1) is 6.92 Å². The average molecular weight is 334 g/mol. The van der Waals surface area contributed by atoms with Crippen molar-refractivity contribution in [2.45, 2.75) is 6.92 Å². The fourth-order valence-electron chi connectivity index (χ4n) is 2.64. The van der Waals surface area contributed by atoms with E-state index in [-0.39, 0.29) is 5.91 Å². The number of thiazole rings is 1. The average Bonchev–Trinajstić information content (AvgIpc) is 3.19. The summed E-state index contributed by atoms with van der Waals surface area (Å²) in [6.45, 7) is 2.00. The largest absolute Gasteiger partial charge is 0.345 e. The minimum atomic E-state index is -0.277. The number of nitrogens with one attached hydrogen (secondary N) is 1. The van der Waals surface area contributed by atoms with Crippen molar-refractivity contribution >= 4 is 28.3 Å². The molecule has 24 heavy (non-hydrogen) atoms. The summed E-state index contributed by atoms with van der Waals surface area (Å²) < 4.78 is 1.98. The molecule has 0 aliphatic carbocycles. The highest BCUT2D eigenvalue weighted by Gasteiger charge is 2.12. The first-order valence-corrected chi connectivity index (χ1v) is 8.36. The summed E-state index contributed by atoms with van der Waals surface area (Å²) in [5, 5.41) is 2.78. The zero-order valence-electron chi connectivity index (χ0n) is 12.9. The first-order chi connectivity index (χ1) is 11.7. The van der Waals surface area contributed by atoms with E-state index < -0.39 is 0 Å². The number of aromatic amines is 1. The summed E-state index contributed by atoms with van der Waals surface area (Å²) in [4.78, 5) is 24.9. The Labute approximate surface area is 142 Å².